The summed E-state index contributed by atoms with van der Waals surface area (Å²) in [7, 11) is 0. The maximum absolute atomic E-state index is 13.4. The zero-order valence-electron chi connectivity index (χ0n) is 9.31. The van der Waals surface area contributed by atoms with Crippen LogP contribution >= 0.6 is 0 Å². The van der Waals surface area contributed by atoms with Crippen molar-refractivity contribution in [3.63, 3.8) is 0 Å². The molecule has 1 aromatic carbocycles. The van der Waals surface area contributed by atoms with E-state index in [-0.39, 0.29) is 5.69 Å². The van der Waals surface area contributed by atoms with Crippen LogP contribution in [0, 0.1) is 39.8 Å². The SMILES string of the molecule is N#CC(C#N)=C(C#N)Nc1cccc(F)c1C(=O)O. The summed E-state index contributed by atoms with van der Waals surface area (Å²) in [5, 5.41) is 37.2. The number of hydrogen-bond donors (Lipinski definition) is 2. The van der Waals surface area contributed by atoms with Crippen LogP contribution in [0.15, 0.2) is 29.5 Å². The van der Waals surface area contributed by atoms with Crippen molar-refractivity contribution in [2.75, 3.05) is 5.32 Å². The van der Waals surface area contributed by atoms with Gasteiger partial charge in [0.1, 0.15) is 35.3 Å². The third-order valence-electron chi connectivity index (χ3n) is 2.07. The summed E-state index contributed by atoms with van der Waals surface area (Å²) in [6.45, 7) is 0. The summed E-state index contributed by atoms with van der Waals surface area (Å²) in [6.07, 6.45) is 0. The average molecular weight is 256 g/mol. The fourth-order valence-electron chi connectivity index (χ4n) is 1.26. The molecule has 0 aromatic heterocycles. The van der Waals surface area contributed by atoms with E-state index in [2.05, 4.69) is 5.32 Å². The zero-order chi connectivity index (χ0) is 14.4. The maximum Gasteiger partial charge on any atom is 0.340 e. The molecule has 0 heterocycles. The van der Waals surface area contributed by atoms with Crippen molar-refractivity contribution in [3.8, 4) is 18.2 Å². The Morgan fingerprint density at radius 1 is 1.21 bits per heavy atom. The highest BCUT2D eigenvalue weighted by Crippen LogP contribution is 2.21. The number of halogens is 1. The smallest absolute Gasteiger partial charge is 0.340 e. The minimum absolute atomic E-state index is 0.216. The number of nitrogens with one attached hydrogen (secondary N) is 1. The molecule has 0 saturated heterocycles. The van der Waals surface area contributed by atoms with Crippen LogP contribution in [0.25, 0.3) is 0 Å². The molecule has 7 heteroatoms. The molecule has 0 amide bonds. The number of allylic oxidation sites excluding steroid dienone is 2. The first-order chi connectivity index (χ1) is 9.04. The van der Waals surface area contributed by atoms with Crippen LogP contribution in [0.5, 0.6) is 0 Å². The molecule has 0 fully saturated rings. The van der Waals surface area contributed by atoms with E-state index in [1.165, 1.54) is 24.3 Å². The van der Waals surface area contributed by atoms with Gasteiger partial charge in [0.2, 0.25) is 0 Å². The van der Waals surface area contributed by atoms with Crippen molar-refractivity contribution >= 4 is 11.7 Å². The third-order valence-corrected chi connectivity index (χ3v) is 2.07. The Balaban J connectivity index is 3.37. The lowest BCUT2D eigenvalue weighted by Gasteiger charge is -2.08. The molecule has 19 heavy (non-hydrogen) atoms. The number of carboxylic acid groups (broad SMARTS) is 1. The lowest BCUT2D eigenvalue weighted by molar-refractivity contribution is 0.0693. The van der Waals surface area contributed by atoms with Crippen LogP contribution in [0.4, 0.5) is 10.1 Å². The summed E-state index contributed by atoms with van der Waals surface area (Å²) < 4.78 is 13.4. The molecule has 0 bridgehead atoms. The Labute approximate surface area is 107 Å². The van der Waals surface area contributed by atoms with Crippen molar-refractivity contribution in [1.82, 2.24) is 0 Å². The normalized spacial score (nSPS) is 8.53. The van der Waals surface area contributed by atoms with E-state index >= 15 is 0 Å². The molecule has 0 radical (unpaired) electrons. The van der Waals surface area contributed by atoms with Gasteiger partial charge < -0.3 is 10.4 Å². The molecule has 0 saturated carbocycles. The monoisotopic (exact) mass is 256 g/mol. The van der Waals surface area contributed by atoms with E-state index in [9.17, 15) is 9.18 Å². The Hall–Kier alpha value is -3.37. The molecule has 0 atom stereocenters. The molecule has 92 valence electrons. The largest absolute Gasteiger partial charge is 0.478 e. The van der Waals surface area contributed by atoms with Gasteiger partial charge in [-0.1, -0.05) is 6.07 Å². The minimum Gasteiger partial charge on any atom is -0.478 e. The highest BCUT2D eigenvalue weighted by Gasteiger charge is 2.17. The van der Waals surface area contributed by atoms with Crippen molar-refractivity contribution in [2.24, 2.45) is 0 Å². The first-order valence-electron chi connectivity index (χ1n) is 4.78. The fourth-order valence-corrected chi connectivity index (χ4v) is 1.26. The molecule has 0 aliphatic heterocycles. The lowest BCUT2D eigenvalue weighted by Crippen LogP contribution is -2.09. The predicted molar refractivity (Wildman–Crippen MR) is 60.8 cm³/mol. The van der Waals surface area contributed by atoms with Crippen LogP contribution in [0.1, 0.15) is 10.4 Å². The molecule has 6 nitrogen and oxygen atoms in total. The van der Waals surface area contributed by atoms with Gasteiger partial charge in [0.05, 0.1) is 5.69 Å². The quantitative estimate of drug-likeness (QED) is 0.794. The van der Waals surface area contributed by atoms with Gasteiger partial charge in [0.15, 0.2) is 5.57 Å². The molecule has 1 aromatic rings. The number of carbonyl (C=O) groups is 1. The van der Waals surface area contributed by atoms with E-state index in [1.54, 1.807) is 6.07 Å². The molecule has 2 N–H and O–H groups in total. The summed E-state index contributed by atoms with van der Waals surface area (Å²) in [4.78, 5) is 10.9. The molecule has 1 rings (SSSR count). The number of nitriles is 3. The number of hydrogen-bond acceptors (Lipinski definition) is 5. The highest BCUT2D eigenvalue weighted by atomic mass is 19.1. The van der Waals surface area contributed by atoms with Crippen molar-refractivity contribution in [2.45, 2.75) is 0 Å². The van der Waals surface area contributed by atoms with E-state index < -0.39 is 28.6 Å². The standard InChI is InChI=1S/C12H5FN4O2/c13-8-2-1-3-9(11(8)12(18)19)17-10(6-16)7(4-14)5-15/h1-3,17H,(H,18,19). The summed E-state index contributed by atoms with van der Waals surface area (Å²) in [5.41, 5.74) is -1.86. The van der Waals surface area contributed by atoms with Gasteiger partial charge >= 0.3 is 5.97 Å². The number of anilines is 1. The van der Waals surface area contributed by atoms with Gasteiger partial charge in [-0.2, -0.15) is 15.8 Å². The Kier molecular flexibility index (Phi) is 4.19. The van der Waals surface area contributed by atoms with E-state index in [4.69, 9.17) is 20.9 Å². The average Bonchev–Trinajstić information content (AvgIpc) is 2.38. The number of carboxylic acids is 1. The molecule has 0 aliphatic rings. The fraction of sp³-hybridized carbons (Fsp3) is 0. The van der Waals surface area contributed by atoms with Crippen LogP contribution in [0.2, 0.25) is 0 Å². The number of rotatable bonds is 3. The van der Waals surface area contributed by atoms with Crippen molar-refractivity contribution in [3.05, 3.63) is 40.8 Å². The molecule has 0 unspecified atom stereocenters. The molecule has 0 aliphatic carbocycles. The van der Waals surface area contributed by atoms with Crippen LogP contribution in [-0.4, -0.2) is 11.1 Å². The number of aromatic carboxylic acids is 1. The van der Waals surface area contributed by atoms with Gasteiger partial charge in [-0.3, -0.25) is 0 Å². The Morgan fingerprint density at radius 2 is 1.84 bits per heavy atom. The maximum atomic E-state index is 13.4. The highest BCUT2D eigenvalue weighted by molar-refractivity contribution is 5.95. The first kappa shape index (κ1) is 13.7. The lowest BCUT2D eigenvalue weighted by atomic mass is 10.1. The van der Waals surface area contributed by atoms with Gasteiger partial charge in [-0.25, -0.2) is 9.18 Å². The van der Waals surface area contributed by atoms with Crippen LogP contribution < -0.4 is 5.32 Å². The van der Waals surface area contributed by atoms with Gasteiger partial charge in [0, 0.05) is 0 Å². The first-order valence-corrected chi connectivity index (χ1v) is 4.78. The summed E-state index contributed by atoms with van der Waals surface area (Å²) >= 11 is 0. The molecular formula is C12H5FN4O2. The zero-order valence-corrected chi connectivity index (χ0v) is 9.31. The van der Waals surface area contributed by atoms with E-state index in [1.807, 2.05) is 0 Å². The number of benzene rings is 1. The van der Waals surface area contributed by atoms with E-state index in [0.717, 1.165) is 6.07 Å². The third kappa shape index (κ3) is 2.85. The second-order valence-electron chi connectivity index (χ2n) is 3.18. The minimum atomic E-state index is -1.53. The summed E-state index contributed by atoms with van der Waals surface area (Å²) in [5.74, 6) is -2.53. The summed E-state index contributed by atoms with van der Waals surface area (Å²) in [6, 6.07) is 7.90. The van der Waals surface area contributed by atoms with Gasteiger partial charge in [0.25, 0.3) is 0 Å². The number of nitrogens with zero attached hydrogens (tertiary/aromatic N) is 3. The second kappa shape index (κ2) is 5.81. The topological polar surface area (TPSA) is 121 Å². The van der Waals surface area contributed by atoms with Gasteiger partial charge in [-0.15, -0.1) is 0 Å². The second-order valence-corrected chi connectivity index (χ2v) is 3.18. The van der Waals surface area contributed by atoms with E-state index in [0.29, 0.717) is 0 Å². The van der Waals surface area contributed by atoms with Crippen LogP contribution in [-0.2, 0) is 0 Å². The Morgan fingerprint density at radius 3 is 2.32 bits per heavy atom. The molecule has 0 spiro atoms. The van der Waals surface area contributed by atoms with Crippen molar-refractivity contribution < 1.29 is 14.3 Å². The Bertz CT molecular complexity index is 673. The van der Waals surface area contributed by atoms with Gasteiger partial charge in [-0.05, 0) is 12.1 Å². The van der Waals surface area contributed by atoms with Crippen molar-refractivity contribution in [1.29, 1.82) is 15.8 Å². The molecular weight excluding hydrogens is 251 g/mol. The predicted octanol–water partition coefficient (Wildman–Crippen LogP) is 1.76. The van der Waals surface area contributed by atoms with Crippen LogP contribution in [0.3, 0.4) is 0 Å².